The number of hydrogen-bond acceptors (Lipinski definition) is 8. The zero-order chi connectivity index (χ0) is 19.8. The number of esters is 1. The van der Waals surface area contributed by atoms with Crippen LogP contribution in [0.2, 0.25) is 0 Å². The van der Waals surface area contributed by atoms with Crippen LogP contribution < -0.4 is 10.6 Å². The number of methoxy groups -OCH3 is 1. The first-order valence-electron chi connectivity index (χ1n) is 9.03. The molecule has 0 spiro atoms. The lowest BCUT2D eigenvalue weighted by Crippen LogP contribution is -2.41. The molecule has 0 radical (unpaired) electrons. The van der Waals surface area contributed by atoms with Crippen molar-refractivity contribution in [2.45, 2.75) is 0 Å². The van der Waals surface area contributed by atoms with Gasteiger partial charge in [0, 0.05) is 31.9 Å². The number of ether oxygens (including phenoxy) is 2. The van der Waals surface area contributed by atoms with Gasteiger partial charge in [0.25, 0.3) is 5.91 Å². The quantitative estimate of drug-likeness (QED) is 0.682. The molecule has 9 nitrogen and oxygen atoms in total. The number of aromatic nitrogens is 2. The maximum absolute atomic E-state index is 12.2. The summed E-state index contributed by atoms with van der Waals surface area (Å²) in [6.07, 6.45) is 0. The van der Waals surface area contributed by atoms with E-state index in [-0.39, 0.29) is 11.6 Å². The van der Waals surface area contributed by atoms with Crippen LogP contribution in [-0.2, 0) is 9.47 Å². The van der Waals surface area contributed by atoms with Crippen molar-refractivity contribution >= 4 is 23.4 Å². The summed E-state index contributed by atoms with van der Waals surface area (Å²) in [5.74, 6) is -0.152. The zero-order valence-corrected chi connectivity index (χ0v) is 15.7. The van der Waals surface area contributed by atoms with Crippen LogP contribution in [0.5, 0.6) is 0 Å². The molecule has 28 heavy (non-hydrogen) atoms. The number of nitrogens with zero attached hydrogens (tertiary/aromatic N) is 3. The molecule has 0 saturated carbocycles. The van der Waals surface area contributed by atoms with Crippen LogP contribution in [0.4, 0.5) is 11.5 Å². The van der Waals surface area contributed by atoms with Crippen molar-refractivity contribution in [1.29, 1.82) is 0 Å². The number of nitrogens with one attached hydrogen (secondary N) is 2. The summed E-state index contributed by atoms with van der Waals surface area (Å²) in [5, 5.41) is 13.9. The lowest BCUT2D eigenvalue weighted by atomic mass is 10.2. The fourth-order valence-electron chi connectivity index (χ4n) is 2.72. The van der Waals surface area contributed by atoms with Crippen molar-refractivity contribution in [2.24, 2.45) is 0 Å². The third kappa shape index (κ3) is 5.48. The van der Waals surface area contributed by atoms with E-state index in [4.69, 9.17) is 4.74 Å². The Balaban J connectivity index is 1.48. The Morgan fingerprint density at radius 1 is 1.11 bits per heavy atom. The molecule has 3 rings (SSSR count). The molecule has 0 aliphatic carbocycles. The Bertz CT molecular complexity index is 789. The van der Waals surface area contributed by atoms with Gasteiger partial charge in [-0.3, -0.25) is 9.69 Å². The monoisotopic (exact) mass is 385 g/mol. The topological polar surface area (TPSA) is 106 Å². The number of carbonyl (C=O) groups is 2. The number of benzene rings is 1. The molecule has 1 fully saturated rings. The van der Waals surface area contributed by atoms with Gasteiger partial charge >= 0.3 is 5.97 Å². The summed E-state index contributed by atoms with van der Waals surface area (Å²) < 4.78 is 9.96. The first-order valence-corrected chi connectivity index (χ1v) is 9.03. The Labute approximate surface area is 163 Å². The summed E-state index contributed by atoms with van der Waals surface area (Å²) in [4.78, 5) is 25.8. The molecule has 1 amide bonds. The molecule has 2 heterocycles. The molecule has 2 N–H and O–H groups in total. The van der Waals surface area contributed by atoms with E-state index in [1.165, 1.54) is 7.11 Å². The molecular formula is C19H23N5O4. The standard InChI is InChI=1S/C19H23N5O4/c1-27-19(26)14-2-4-15(5-3-14)21-17-7-6-16(22-23-17)18(25)20-8-9-24-10-12-28-13-11-24/h2-7H,8-13H2,1H3,(H,20,25)(H,21,23). The SMILES string of the molecule is COC(=O)c1ccc(Nc2ccc(C(=O)NCCN3CCOCC3)nn2)cc1. The van der Waals surface area contributed by atoms with Crippen LogP contribution in [-0.4, -0.2) is 73.5 Å². The molecule has 0 atom stereocenters. The number of rotatable bonds is 7. The van der Waals surface area contributed by atoms with Gasteiger partial charge < -0.3 is 20.1 Å². The predicted octanol–water partition coefficient (Wildman–Crippen LogP) is 1.07. The van der Waals surface area contributed by atoms with E-state index in [0.717, 1.165) is 38.5 Å². The second kappa shape index (κ2) is 9.77. The lowest BCUT2D eigenvalue weighted by Gasteiger charge is -2.26. The maximum atomic E-state index is 12.2. The summed E-state index contributed by atoms with van der Waals surface area (Å²) in [7, 11) is 1.34. The van der Waals surface area contributed by atoms with Crippen LogP contribution in [0.25, 0.3) is 0 Å². The molecule has 0 unspecified atom stereocenters. The van der Waals surface area contributed by atoms with Crippen LogP contribution >= 0.6 is 0 Å². The summed E-state index contributed by atoms with van der Waals surface area (Å²) in [5.41, 5.74) is 1.46. The fraction of sp³-hybridized carbons (Fsp3) is 0.368. The van der Waals surface area contributed by atoms with Crippen LogP contribution in [0.15, 0.2) is 36.4 Å². The number of morpholine rings is 1. The molecular weight excluding hydrogens is 362 g/mol. The van der Waals surface area contributed by atoms with Crippen LogP contribution in [0, 0.1) is 0 Å². The minimum Gasteiger partial charge on any atom is -0.465 e. The van der Waals surface area contributed by atoms with E-state index in [1.54, 1.807) is 36.4 Å². The van der Waals surface area contributed by atoms with Crippen molar-refractivity contribution in [3.8, 4) is 0 Å². The minimum atomic E-state index is -0.393. The van der Waals surface area contributed by atoms with Gasteiger partial charge in [-0.05, 0) is 36.4 Å². The van der Waals surface area contributed by atoms with E-state index in [1.807, 2.05) is 0 Å². The highest BCUT2D eigenvalue weighted by atomic mass is 16.5. The van der Waals surface area contributed by atoms with Gasteiger partial charge in [-0.15, -0.1) is 10.2 Å². The van der Waals surface area contributed by atoms with Gasteiger partial charge in [-0.2, -0.15) is 0 Å². The van der Waals surface area contributed by atoms with Gasteiger partial charge in [0.2, 0.25) is 0 Å². The van der Waals surface area contributed by atoms with Gasteiger partial charge in [-0.1, -0.05) is 0 Å². The molecule has 1 aliphatic heterocycles. The second-order valence-corrected chi connectivity index (χ2v) is 6.21. The fourth-order valence-corrected chi connectivity index (χ4v) is 2.72. The zero-order valence-electron chi connectivity index (χ0n) is 15.7. The molecule has 1 aromatic carbocycles. The predicted molar refractivity (Wildman–Crippen MR) is 103 cm³/mol. The average Bonchev–Trinajstić information content (AvgIpc) is 2.75. The first-order chi connectivity index (χ1) is 13.7. The summed E-state index contributed by atoms with van der Waals surface area (Å²) in [6.45, 7) is 4.57. The number of amides is 1. The summed E-state index contributed by atoms with van der Waals surface area (Å²) in [6, 6.07) is 10.1. The first kappa shape index (κ1) is 19.7. The van der Waals surface area contributed by atoms with Gasteiger partial charge in [0.1, 0.15) is 0 Å². The van der Waals surface area contributed by atoms with Crippen molar-refractivity contribution < 1.29 is 19.1 Å². The minimum absolute atomic E-state index is 0.255. The van der Waals surface area contributed by atoms with Crippen molar-refractivity contribution in [2.75, 3.05) is 51.8 Å². The number of anilines is 2. The van der Waals surface area contributed by atoms with Gasteiger partial charge in [0.15, 0.2) is 11.5 Å². The van der Waals surface area contributed by atoms with E-state index in [0.29, 0.717) is 17.9 Å². The Morgan fingerprint density at radius 2 is 1.86 bits per heavy atom. The number of carbonyl (C=O) groups excluding carboxylic acids is 2. The van der Waals surface area contributed by atoms with Crippen LogP contribution in [0.1, 0.15) is 20.8 Å². The van der Waals surface area contributed by atoms with Crippen molar-refractivity contribution in [3.05, 3.63) is 47.7 Å². The third-order valence-electron chi connectivity index (χ3n) is 4.29. The Kier molecular flexibility index (Phi) is 6.88. The molecule has 0 bridgehead atoms. The number of hydrogen-bond donors (Lipinski definition) is 2. The van der Waals surface area contributed by atoms with Crippen LogP contribution in [0.3, 0.4) is 0 Å². The molecule has 1 aromatic heterocycles. The van der Waals surface area contributed by atoms with Crippen molar-refractivity contribution in [3.63, 3.8) is 0 Å². The highest BCUT2D eigenvalue weighted by Crippen LogP contribution is 2.15. The molecule has 1 aliphatic rings. The molecule has 1 saturated heterocycles. The van der Waals surface area contributed by atoms with E-state index in [2.05, 4.69) is 30.5 Å². The van der Waals surface area contributed by atoms with E-state index in [9.17, 15) is 9.59 Å². The Hall–Kier alpha value is -3.04. The smallest absolute Gasteiger partial charge is 0.337 e. The highest BCUT2D eigenvalue weighted by molar-refractivity contribution is 5.92. The largest absolute Gasteiger partial charge is 0.465 e. The van der Waals surface area contributed by atoms with Gasteiger partial charge in [0.05, 0.1) is 25.9 Å². The van der Waals surface area contributed by atoms with E-state index < -0.39 is 5.97 Å². The molecule has 2 aromatic rings. The molecule has 148 valence electrons. The third-order valence-corrected chi connectivity index (χ3v) is 4.29. The summed E-state index contributed by atoms with van der Waals surface area (Å²) >= 11 is 0. The normalized spacial score (nSPS) is 14.3. The average molecular weight is 385 g/mol. The second-order valence-electron chi connectivity index (χ2n) is 6.21. The molecule has 9 heteroatoms. The van der Waals surface area contributed by atoms with Gasteiger partial charge in [-0.25, -0.2) is 4.79 Å². The highest BCUT2D eigenvalue weighted by Gasteiger charge is 2.12. The van der Waals surface area contributed by atoms with E-state index >= 15 is 0 Å². The Morgan fingerprint density at radius 3 is 2.50 bits per heavy atom. The lowest BCUT2D eigenvalue weighted by molar-refractivity contribution is 0.0383. The maximum Gasteiger partial charge on any atom is 0.337 e. The van der Waals surface area contributed by atoms with Crippen molar-refractivity contribution in [1.82, 2.24) is 20.4 Å².